The van der Waals surface area contributed by atoms with E-state index in [1.54, 1.807) is 38.4 Å². The second-order valence-corrected chi connectivity index (χ2v) is 6.74. The van der Waals surface area contributed by atoms with Gasteiger partial charge in [0, 0.05) is 48.1 Å². The Bertz CT molecular complexity index is 1130. The lowest BCUT2D eigenvalue weighted by atomic mass is 9.88. The highest BCUT2D eigenvalue weighted by Crippen LogP contribution is 2.34. The molecule has 4 N–H and O–H groups in total. The third-order valence-electron chi connectivity index (χ3n) is 4.60. The zero-order valence-corrected chi connectivity index (χ0v) is 17.6. The van der Waals surface area contributed by atoms with Gasteiger partial charge < -0.3 is 16.5 Å². The van der Waals surface area contributed by atoms with Crippen LogP contribution in [0.4, 0.5) is 21.5 Å². The zero-order valence-electron chi connectivity index (χ0n) is 17.6. The summed E-state index contributed by atoms with van der Waals surface area (Å²) in [4.78, 5) is 14.1. The summed E-state index contributed by atoms with van der Waals surface area (Å²) in [5, 5.41) is 21.7. The molecule has 0 saturated carbocycles. The number of hydrogen-bond acceptors (Lipinski definition) is 6. The van der Waals surface area contributed by atoms with E-state index in [0.29, 0.717) is 33.7 Å². The molecule has 0 bridgehead atoms. The van der Waals surface area contributed by atoms with Gasteiger partial charge in [-0.1, -0.05) is 18.7 Å². The summed E-state index contributed by atoms with van der Waals surface area (Å²) in [6, 6.07) is 6.94. The Morgan fingerprint density at radius 2 is 2.06 bits per heavy atom. The number of benzene rings is 2. The molecule has 0 unspecified atom stereocenters. The van der Waals surface area contributed by atoms with Gasteiger partial charge in [0.25, 0.3) is 5.69 Å². The molecule has 0 fully saturated rings. The SMILES string of the molecule is C=C(/C=C\C=NC)/C(=C(/C)Nc1ccc([N+](=O)[O-])cc1F)c1c(C)ccc(N)c1C=N. The number of nitrogen functional groups attached to an aromatic ring is 1. The largest absolute Gasteiger partial charge is 0.398 e. The summed E-state index contributed by atoms with van der Waals surface area (Å²) in [5.41, 5.74) is 10.1. The normalized spacial score (nSPS) is 12.1. The van der Waals surface area contributed by atoms with Crippen LogP contribution in [0.25, 0.3) is 5.57 Å². The minimum atomic E-state index is -0.760. The average molecular weight is 421 g/mol. The summed E-state index contributed by atoms with van der Waals surface area (Å²) in [6.07, 6.45) is 6.23. The maximum Gasteiger partial charge on any atom is 0.272 e. The van der Waals surface area contributed by atoms with Crippen molar-refractivity contribution in [3.8, 4) is 0 Å². The van der Waals surface area contributed by atoms with Crippen molar-refractivity contribution in [2.45, 2.75) is 13.8 Å². The monoisotopic (exact) mass is 421 g/mol. The van der Waals surface area contributed by atoms with Crippen LogP contribution in [-0.4, -0.2) is 24.4 Å². The summed E-state index contributed by atoms with van der Waals surface area (Å²) < 4.78 is 14.5. The third kappa shape index (κ3) is 5.30. The Morgan fingerprint density at radius 1 is 1.35 bits per heavy atom. The molecule has 0 aliphatic heterocycles. The number of aryl methyl sites for hydroxylation is 1. The highest BCUT2D eigenvalue weighted by molar-refractivity contribution is 5.99. The number of nitrogens with zero attached hydrogens (tertiary/aromatic N) is 2. The van der Waals surface area contributed by atoms with Crippen molar-refractivity contribution in [3.63, 3.8) is 0 Å². The van der Waals surface area contributed by atoms with Gasteiger partial charge in [-0.15, -0.1) is 0 Å². The molecule has 0 aromatic heterocycles. The first-order valence-electron chi connectivity index (χ1n) is 9.31. The molecular formula is C23H24FN5O2. The number of hydrogen-bond donors (Lipinski definition) is 3. The predicted molar refractivity (Wildman–Crippen MR) is 125 cm³/mol. The van der Waals surface area contributed by atoms with Gasteiger partial charge in [-0.2, -0.15) is 0 Å². The van der Waals surface area contributed by atoms with Crippen molar-refractivity contribution in [1.29, 1.82) is 5.41 Å². The molecule has 0 atom stereocenters. The van der Waals surface area contributed by atoms with Crippen molar-refractivity contribution < 1.29 is 9.31 Å². The number of nitro groups is 1. The van der Waals surface area contributed by atoms with E-state index in [-0.39, 0.29) is 11.4 Å². The molecule has 7 nitrogen and oxygen atoms in total. The maximum absolute atomic E-state index is 14.5. The van der Waals surface area contributed by atoms with Gasteiger partial charge in [-0.3, -0.25) is 15.1 Å². The third-order valence-corrected chi connectivity index (χ3v) is 4.60. The molecule has 0 radical (unpaired) electrons. The summed E-state index contributed by atoms with van der Waals surface area (Å²) >= 11 is 0. The lowest BCUT2D eigenvalue weighted by Gasteiger charge is -2.20. The first-order chi connectivity index (χ1) is 14.7. The molecular weight excluding hydrogens is 397 g/mol. The Balaban J connectivity index is 2.69. The summed E-state index contributed by atoms with van der Waals surface area (Å²) in [7, 11) is 1.64. The number of aliphatic imine (C=N–C) groups is 1. The van der Waals surface area contributed by atoms with Gasteiger partial charge in [0.1, 0.15) is 0 Å². The topological polar surface area (TPSA) is 117 Å². The van der Waals surface area contributed by atoms with Crippen molar-refractivity contribution in [1.82, 2.24) is 0 Å². The first kappa shape index (κ1) is 23.2. The lowest BCUT2D eigenvalue weighted by molar-refractivity contribution is -0.385. The van der Waals surface area contributed by atoms with Gasteiger partial charge in [0.05, 0.1) is 16.7 Å². The van der Waals surface area contributed by atoms with Crippen molar-refractivity contribution >= 4 is 35.1 Å². The van der Waals surface area contributed by atoms with Crippen LogP contribution in [-0.2, 0) is 0 Å². The molecule has 8 heteroatoms. The van der Waals surface area contributed by atoms with E-state index in [0.717, 1.165) is 11.6 Å². The minimum Gasteiger partial charge on any atom is -0.398 e. The van der Waals surface area contributed by atoms with E-state index >= 15 is 0 Å². The highest BCUT2D eigenvalue weighted by atomic mass is 19.1. The Kier molecular flexibility index (Phi) is 7.57. The number of anilines is 2. The van der Waals surface area contributed by atoms with Crippen molar-refractivity contribution in [2.24, 2.45) is 4.99 Å². The molecule has 31 heavy (non-hydrogen) atoms. The van der Waals surface area contributed by atoms with Crippen molar-refractivity contribution in [2.75, 3.05) is 18.1 Å². The highest BCUT2D eigenvalue weighted by Gasteiger charge is 2.18. The molecule has 0 amide bonds. The molecule has 2 aromatic carbocycles. The fourth-order valence-corrected chi connectivity index (χ4v) is 3.13. The van der Waals surface area contributed by atoms with Gasteiger partial charge in [-0.25, -0.2) is 4.39 Å². The van der Waals surface area contributed by atoms with Gasteiger partial charge in [0.15, 0.2) is 5.82 Å². The summed E-state index contributed by atoms with van der Waals surface area (Å²) in [6.45, 7) is 7.74. The Hall–Kier alpha value is -4.07. The molecule has 0 aliphatic rings. The number of allylic oxidation sites excluding steroid dienone is 5. The predicted octanol–water partition coefficient (Wildman–Crippen LogP) is 5.28. The molecule has 2 aromatic rings. The van der Waals surface area contributed by atoms with E-state index in [2.05, 4.69) is 16.9 Å². The second kappa shape index (κ2) is 10.1. The Morgan fingerprint density at radius 3 is 2.65 bits per heavy atom. The molecule has 160 valence electrons. The van der Waals surface area contributed by atoms with Gasteiger partial charge in [0.2, 0.25) is 0 Å². The number of rotatable bonds is 8. The number of nitro benzene ring substituents is 1. The van der Waals surface area contributed by atoms with Gasteiger partial charge in [-0.05, 0) is 48.8 Å². The lowest BCUT2D eigenvalue weighted by Crippen LogP contribution is -2.08. The van der Waals surface area contributed by atoms with Crippen LogP contribution in [0.2, 0.25) is 0 Å². The van der Waals surface area contributed by atoms with Crippen LogP contribution in [0, 0.1) is 28.3 Å². The van der Waals surface area contributed by atoms with Crippen LogP contribution >= 0.6 is 0 Å². The standard InChI is InChI=1S/C23H24FN5O2/c1-14(6-5-11-27-4)22(23-15(2)7-9-20(26)18(23)13-25)16(3)28-21-10-8-17(29(30)31)12-19(21)24/h5-13,25,28H,1,26H2,2-4H3/b6-5-,22-16+,25-13?,27-11?. The molecule has 0 spiro atoms. The van der Waals surface area contributed by atoms with E-state index < -0.39 is 10.7 Å². The number of halogens is 1. The molecule has 0 heterocycles. The van der Waals surface area contributed by atoms with Crippen LogP contribution in [0.5, 0.6) is 0 Å². The van der Waals surface area contributed by atoms with Crippen LogP contribution < -0.4 is 11.1 Å². The number of non-ortho nitro benzene ring substituents is 1. The number of nitrogens with two attached hydrogens (primary N) is 1. The van der Waals surface area contributed by atoms with Crippen LogP contribution in [0.1, 0.15) is 23.6 Å². The molecule has 0 saturated heterocycles. The van der Waals surface area contributed by atoms with Crippen LogP contribution in [0.3, 0.4) is 0 Å². The van der Waals surface area contributed by atoms with Gasteiger partial charge >= 0.3 is 0 Å². The minimum absolute atomic E-state index is 0.0745. The number of nitrogens with one attached hydrogen (secondary N) is 2. The fraction of sp³-hybridized carbons (Fsp3) is 0.130. The van der Waals surface area contributed by atoms with Crippen LogP contribution in [0.15, 0.2) is 65.3 Å². The quantitative estimate of drug-likeness (QED) is 0.177. The van der Waals surface area contributed by atoms with E-state index in [1.165, 1.54) is 18.3 Å². The maximum atomic E-state index is 14.5. The molecule has 2 rings (SSSR count). The van der Waals surface area contributed by atoms with E-state index in [1.807, 2.05) is 13.0 Å². The fourth-order valence-electron chi connectivity index (χ4n) is 3.13. The summed E-state index contributed by atoms with van der Waals surface area (Å²) in [5.74, 6) is -0.760. The van der Waals surface area contributed by atoms with E-state index in [4.69, 9.17) is 11.1 Å². The smallest absolute Gasteiger partial charge is 0.272 e. The first-order valence-corrected chi connectivity index (χ1v) is 9.31. The zero-order chi connectivity index (χ0) is 23.1. The Labute approximate surface area is 180 Å². The molecule has 0 aliphatic carbocycles. The second-order valence-electron chi connectivity index (χ2n) is 6.74. The van der Waals surface area contributed by atoms with E-state index in [9.17, 15) is 14.5 Å². The average Bonchev–Trinajstić information content (AvgIpc) is 2.72. The van der Waals surface area contributed by atoms with Crippen molar-refractivity contribution in [3.05, 3.63) is 93.0 Å².